The largest absolute Gasteiger partial charge is 0.503 e. The number of aromatic hydroxyl groups is 1. The van der Waals surface area contributed by atoms with E-state index in [1.807, 2.05) is 6.08 Å². The third-order valence-electron chi connectivity index (χ3n) is 8.35. The third kappa shape index (κ3) is 3.94. The van der Waals surface area contributed by atoms with Gasteiger partial charge in [0.05, 0.1) is 29.1 Å². The van der Waals surface area contributed by atoms with Gasteiger partial charge in [-0.05, 0) is 99.5 Å². The van der Waals surface area contributed by atoms with Crippen molar-refractivity contribution in [2.24, 2.45) is 17.8 Å². The van der Waals surface area contributed by atoms with Crippen molar-refractivity contribution in [1.29, 1.82) is 0 Å². The van der Waals surface area contributed by atoms with Crippen LogP contribution in [0, 0.1) is 17.8 Å². The Kier molecular flexibility index (Phi) is 6.79. The van der Waals surface area contributed by atoms with Crippen molar-refractivity contribution in [2.75, 3.05) is 12.0 Å². The number of methoxy groups -OCH3 is 1. The van der Waals surface area contributed by atoms with Gasteiger partial charge in [0.15, 0.2) is 23.1 Å². The van der Waals surface area contributed by atoms with Crippen LogP contribution in [0.25, 0.3) is 0 Å². The molecule has 40 heavy (non-hydrogen) atoms. The third-order valence-corrected chi connectivity index (χ3v) is 11.0. The van der Waals surface area contributed by atoms with E-state index in [4.69, 9.17) is 4.74 Å². The molecule has 1 saturated heterocycles. The fourth-order valence-electron chi connectivity index (χ4n) is 6.56. The number of rotatable bonds is 3. The molecule has 2 aromatic carbocycles. The van der Waals surface area contributed by atoms with Crippen LogP contribution in [0.4, 0.5) is 5.69 Å². The summed E-state index contributed by atoms with van der Waals surface area (Å²) in [5.41, 5.74) is 3.00. The van der Waals surface area contributed by atoms with Crippen LogP contribution in [0.3, 0.4) is 0 Å². The number of hydrogen-bond donors (Lipinski definition) is 1. The summed E-state index contributed by atoms with van der Waals surface area (Å²) in [6, 6.07) is 8.66. The summed E-state index contributed by atoms with van der Waals surface area (Å²) in [5, 5.41) is 10.6. The van der Waals surface area contributed by atoms with Crippen molar-refractivity contribution in [3.05, 3.63) is 83.8 Å². The molecule has 1 N–H and O–H groups in total. The molecular weight excluding hydrogens is 710 g/mol. The van der Waals surface area contributed by atoms with Gasteiger partial charge in [0, 0.05) is 31.6 Å². The van der Waals surface area contributed by atoms with Gasteiger partial charge in [-0.1, -0.05) is 27.6 Å². The normalized spacial score (nSPS) is 25.9. The molecule has 2 aromatic rings. The number of carbonyl (C=O) groups excluding carboxylic acids is 4. The Labute approximate surface area is 255 Å². The van der Waals surface area contributed by atoms with Crippen molar-refractivity contribution in [3.63, 3.8) is 0 Å². The van der Waals surface area contributed by atoms with Crippen LogP contribution in [0.15, 0.2) is 78.2 Å². The monoisotopic (exact) mass is 729 g/mol. The van der Waals surface area contributed by atoms with Crippen LogP contribution >= 0.6 is 47.8 Å². The molecule has 4 unspecified atom stereocenters. The number of halogens is 3. The van der Waals surface area contributed by atoms with E-state index in [9.17, 15) is 24.3 Å². The van der Waals surface area contributed by atoms with Crippen molar-refractivity contribution in [2.45, 2.75) is 25.7 Å². The van der Waals surface area contributed by atoms with E-state index >= 15 is 0 Å². The number of allylic oxidation sites excluding steroid dienone is 6. The van der Waals surface area contributed by atoms with Gasteiger partial charge in [0.25, 0.3) is 0 Å². The van der Waals surface area contributed by atoms with E-state index in [0.29, 0.717) is 43.3 Å². The number of ether oxygens (including phenoxy) is 1. The predicted octanol–water partition coefficient (Wildman–Crippen LogP) is 6.32. The highest BCUT2D eigenvalue weighted by atomic mass is 79.9. The van der Waals surface area contributed by atoms with Crippen LogP contribution in [-0.4, -0.2) is 35.6 Å². The Balaban J connectivity index is 1.53. The van der Waals surface area contributed by atoms with E-state index in [0.717, 1.165) is 10.0 Å². The van der Waals surface area contributed by atoms with E-state index in [2.05, 4.69) is 47.8 Å². The predicted molar refractivity (Wildman–Crippen MR) is 158 cm³/mol. The van der Waals surface area contributed by atoms with E-state index in [1.54, 1.807) is 37.3 Å². The maximum Gasteiger partial charge on any atom is 0.238 e. The summed E-state index contributed by atoms with van der Waals surface area (Å²) in [4.78, 5) is 55.8. The zero-order chi connectivity index (χ0) is 28.6. The second-order valence-electron chi connectivity index (χ2n) is 10.4. The molecule has 4 aliphatic rings. The average Bonchev–Trinajstić information content (AvgIpc) is 3.20. The van der Waals surface area contributed by atoms with Crippen molar-refractivity contribution in [1.82, 2.24) is 0 Å². The number of amides is 2. The number of carbonyl (C=O) groups is 4. The van der Waals surface area contributed by atoms with Gasteiger partial charge in [-0.2, -0.15) is 0 Å². The molecule has 0 spiro atoms. The number of ketones is 2. The first kappa shape index (κ1) is 27.4. The highest BCUT2D eigenvalue weighted by Gasteiger charge is 2.56. The molecule has 7 nitrogen and oxygen atoms in total. The first-order valence-electron chi connectivity index (χ1n) is 12.6. The van der Waals surface area contributed by atoms with Gasteiger partial charge in [-0.15, -0.1) is 0 Å². The number of nitrogens with zero attached hydrogens (tertiary/aromatic N) is 1. The number of Topliss-reactive ketones (excluding diaryl/α,β-unsaturated/α-hetero) is 1. The molecule has 0 aromatic heterocycles. The zero-order valence-electron chi connectivity index (χ0n) is 21.3. The molecule has 4 atom stereocenters. The lowest BCUT2D eigenvalue weighted by Crippen LogP contribution is -2.40. The highest BCUT2D eigenvalue weighted by molar-refractivity contribution is 9.13. The van der Waals surface area contributed by atoms with Crippen molar-refractivity contribution < 1.29 is 29.0 Å². The first-order chi connectivity index (χ1) is 19.0. The average molecular weight is 732 g/mol. The molecule has 1 heterocycles. The summed E-state index contributed by atoms with van der Waals surface area (Å²) in [6.07, 6.45) is 3.84. The van der Waals surface area contributed by atoms with Gasteiger partial charge >= 0.3 is 0 Å². The summed E-state index contributed by atoms with van der Waals surface area (Å²) < 4.78 is 7.09. The Bertz CT molecular complexity index is 1640. The minimum Gasteiger partial charge on any atom is -0.503 e. The SMILES string of the molecule is COc1cc(C2C3=CCC4C(=O)N(c5ccc(Br)cc5)C(=O)C4C3CC3=C2C(=O)C=C(C)C3=O)c(Br)c(Br)c1O. The Morgan fingerprint density at radius 1 is 0.975 bits per heavy atom. The van der Waals surface area contributed by atoms with Crippen LogP contribution in [0.1, 0.15) is 31.2 Å². The lowest BCUT2D eigenvalue weighted by molar-refractivity contribution is -0.123. The van der Waals surface area contributed by atoms with Gasteiger partial charge in [-0.25, -0.2) is 0 Å². The Hall–Kier alpha value is -2.82. The van der Waals surface area contributed by atoms with Crippen molar-refractivity contribution >= 4 is 76.9 Å². The molecular formula is C30H22Br3NO6. The van der Waals surface area contributed by atoms with E-state index in [1.165, 1.54) is 18.1 Å². The van der Waals surface area contributed by atoms with Crippen LogP contribution in [-0.2, 0) is 19.2 Å². The number of hydrogen-bond acceptors (Lipinski definition) is 6. The second kappa shape index (κ2) is 9.92. The van der Waals surface area contributed by atoms with Crippen LogP contribution in [0.2, 0.25) is 0 Å². The molecule has 0 saturated carbocycles. The number of phenols is 1. The molecule has 3 aliphatic carbocycles. The van der Waals surface area contributed by atoms with E-state index in [-0.39, 0.29) is 41.3 Å². The quantitative estimate of drug-likeness (QED) is 0.225. The maximum atomic E-state index is 14.0. The number of benzene rings is 2. The minimum absolute atomic E-state index is 0.110. The molecule has 1 aliphatic heterocycles. The Morgan fingerprint density at radius 3 is 2.35 bits per heavy atom. The second-order valence-corrected chi connectivity index (χ2v) is 12.9. The summed E-state index contributed by atoms with van der Waals surface area (Å²) >= 11 is 10.4. The number of phenolic OH excluding ortho intramolecular Hbond substituents is 1. The minimum atomic E-state index is -0.680. The van der Waals surface area contributed by atoms with E-state index < -0.39 is 23.7 Å². The number of fused-ring (bicyclic) bond motifs is 3. The Morgan fingerprint density at radius 2 is 1.68 bits per heavy atom. The lowest BCUT2D eigenvalue weighted by atomic mass is 9.59. The number of imide groups is 1. The standard InChI is InChI=1S/C30H22Br3NO6/c1-12-9-20(35)24-19(27(12)36)10-17-15(22(24)18-11-21(40-2)28(37)26(33)25(18)32)7-8-16-23(17)30(39)34(29(16)38)14-5-3-13(31)4-6-14/h3-7,9,11,16-17,22-23,37H,8,10H2,1-2H3. The van der Waals surface area contributed by atoms with Crippen LogP contribution < -0.4 is 9.64 Å². The summed E-state index contributed by atoms with van der Waals surface area (Å²) in [6.45, 7) is 1.61. The zero-order valence-corrected chi connectivity index (χ0v) is 26.1. The van der Waals surface area contributed by atoms with Gasteiger partial charge in [0.1, 0.15) is 0 Å². The summed E-state index contributed by atoms with van der Waals surface area (Å²) in [5.74, 6) is -3.37. The van der Waals surface area contributed by atoms with Gasteiger partial charge in [-0.3, -0.25) is 24.1 Å². The smallest absolute Gasteiger partial charge is 0.238 e. The molecule has 6 rings (SSSR count). The highest BCUT2D eigenvalue weighted by Crippen LogP contribution is 2.57. The molecule has 0 radical (unpaired) electrons. The number of anilines is 1. The topological polar surface area (TPSA) is 101 Å². The summed E-state index contributed by atoms with van der Waals surface area (Å²) in [7, 11) is 1.43. The van der Waals surface area contributed by atoms with Crippen LogP contribution in [0.5, 0.6) is 11.5 Å². The molecule has 1 fully saturated rings. The lowest BCUT2D eigenvalue weighted by Gasteiger charge is -2.42. The molecule has 0 bridgehead atoms. The molecule has 204 valence electrons. The fourth-order valence-corrected chi connectivity index (χ4v) is 7.78. The first-order valence-corrected chi connectivity index (χ1v) is 15.0. The maximum absolute atomic E-state index is 14.0. The van der Waals surface area contributed by atoms with Gasteiger partial charge < -0.3 is 9.84 Å². The van der Waals surface area contributed by atoms with Gasteiger partial charge in [0.2, 0.25) is 11.8 Å². The fraction of sp³-hybridized carbons (Fsp3) is 0.267. The van der Waals surface area contributed by atoms with Crippen molar-refractivity contribution in [3.8, 4) is 11.5 Å². The molecule has 2 amide bonds. The molecule has 10 heteroatoms.